The zero-order valence-corrected chi connectivity index (χ0v) is 27.5. The summed E-state index contributed by atoms with van der Waals surface area (Å²) in [7, 11) is -10.6. The van der Waals surface area contributed by atoms with Gasteiger partial charge in [0.25, 0.3) is 0 Å². The average Bonchev–Trinajstić information content (AvgIpc) is 2.79. The molecule has 0 saturated heterocycles. The zero-order chi connectivity index (χ0) is 30.4. The second kappa shape index (κ2) is 16.4. The van der Waals surface area contributed by atoms with Crippen molar-refractivity contribution in [3.8, 4) is 0 Å². The number of carbonyl (C=O) groups excluding carboxylic acids is 4. The molecule has 2 rings (SSSR count). The number of carboxylic acids is 4. The predicted octanol–water partition coefficient (Wildman–Crippen LogP) is -11.3. The van der Waals surface area contributed by atoms with E-state index in [0.717, 1.165) is 48.6 Å². The van der Waals surface area contributed by atoms with Crippen molar-refractivity contribution >= 4 is 67.6 Å². The summed E-state index contributed by atoms with van der Waals surface area (Å²) < 4.78 is 71.0. The molecular formula is C22H20N2Na2O14S2. The van der Waals surface area contributed by atoms with Crippen LogP contribution in [0.5, 0.6) is 0 Å². The summed E-state index contributed by atoms with van der Waals surface area (Å²) >= 11 is 0. The summed E-state index contributed by atoms with van der Waals surface area (Å²) in [5, 5.41) is 43.9. The molecule has 0 amide bonds. The van der Waals surface area contributed by atoms with Crippen molar-refractivity contribution < 1.29 is 130 Å². The second-order valence-electron chi connectivity index (χ2n) is 7.90. The molecule has 0 saturated carbocycles. The Balaban J connectivity index is -0.000000934. The predicted molar refractivity (Wildman–Crippen MR) is 127 cm³/mol. The van der Waals surface area contributed by atoms with Crippen LogP contribution in [0.15, 0.2) is 46.2 Å². The number of nitrogens with zero attached hydrogens (tertiary/aromatic N) is 2. The molecule has 0 atom stereocenters. The minimum atomic E-state index is -5.30. The van der Waals surface area contributed by atoms with Crippen molar-refractivity contribution in [1.82, 2.24) is 0 Å². The van der Waals surface area contributed by atoms with E-state index in [2.05, 4.69) is 0 Å². The normalized spacial score (nSPS) is 11.2. The number of carbonyl (C=O) groups is 4. The zero-order valence-electron chi connectivity index (χ0n) is 25.9. The van der Waals surface area contributed by atoms with Gasteiger partial charge in [0.15, 0.2) is 0 Å². The van der Waals surface area contributed by atoms with Crippen LogP contribution in [0.2, 0.25) is 0 Å². The van der Waals surface area contributed by atoms with Crippen LogP contribution in [-0.4, -0.2) is 76.0 Å². The molecule has 0 radical (unpaired) electrons. The number of hydrogen-bond acceptors (Lipinski definition) is 16. The van der Waals surface area contributed by atoms with E-state index in [1.807, 2.05) is 0 Å². The molecule has 42 heavy (non-hydrogen) atoms. The van der Waals surface area contributed by atoms with Gasteiger partial charge in [0.1, 0.15) is 20.2 Å². The summed E-state index contributed by atoms with van der Waals surface area (Å²) in [5.74, 6) is -7.15. The Morgan fingerprint density at radius 3 is 1.07 bits per heavy atom. The Hall–Kier alpha value is -2.52. The third kappa shape index (κ3) is 12.0. The number of benzene rings is 2. The van der Waals surface area contributed by atoms with Crippen molar-refractivity contribution in [3.05, 3.63) is 47.5 Å². The van der Waals surface area contributed by atoms with Gasteiger partial charge in [-0.2, -0.15) is 0 Å². The fraction of sp³-hybridized carbons (Fsp3) is 0.182. The first kappa shape index (κ1) is 39.5. The van der Waals surface area contributed by atoms with Crippen molar-refractivity contribution in [2.75, 3.05) is 36.0 Å². The Labute approximate surface area is 289 Å². The molecule has 216 valence electrons. The van der Waals surface area contributed by atoms with Crippen LogP contribution in [0.25, 0.3) is 12.2 Å². The Morgan fingerprint density at radius 1 is 0.595 bits per heavy atom. The summed E-state index contributed by atoms with van der Waals surface area (Å²) in [6, 6.07) is 5.72. The molecule has 20 heteroatoms. The minimum Gasteiger partial charge on any atom is -0.744 e. The van der Waals surface area contributed by atoms with Crippen LogP contribution < -0.4 is 89.3 Å². The van der Waals surface area contributed by atoms with Crippen LogP contribution in [0.1, 0.15) is 16.8 Å². The fourth-order valence-corrected chi connectivity index (χ4v) is 4.93. The molecule has 0 aliphatic carbocycles. The molecule has 0 N–H and O–H groups in total. The molecule has 0 spiro atoms. The topological polar surface area (TPSA) is 281 Å². The van der Waals surface area contributed by atoms with E-state index >= 15 is 0 Å². The molecule has 0 aliphatic heterocycles. The van der Waals surface area contributed by atoms with Crippen molar-refractivity contribution in [1.29, 1.82) is 0 Å². The summed E-state index contributed by atoms with van der Waals surface area (Å²) in [4.78, 5) is 43.0. The SMILES string of the molecule is O=C([O-])CN(CC(=O)[O-])c1ccc(/C=C/c2ccc(N(CC(=O)[O-])CC(=O)[O-])c(S(=O)(=O)[O-])c2)cc1S(=O)(=O)[O-].[H+].[H+].[H+].[H+].[Na+].[Na+]. The van der Waals surface area contributed by atoms with Gasteiger partial charge in [-0.15, -0.1) is 0 Å². The molecule has 0 bridgehead atoms. The summed E-state index contributed by atoms with van der Waals surface area (Å²) in [6.45, 7) is -4.40. The Morgan fingerprint density at radius 2 is 0.857 bits per heavy atom. The smallest absolute Gasteiger partial charge is 0.744 e. The third-order valence-corrected chi connectivity index (χ3v) is 6.67. The first-order valence-corrected chi connectivity index (χ1v) is 13.4. The molecule has 2 aromatic rings. The van der Waals surface area contributed by atoms with Gasteiger partial charge in [0.2, 0.25) is 0 Å². The van der Waals surface area contributed by atoms with Crippen molar-refractivity contribution in [3.63, 3.8) is 0 Å². The summed E-state index contributed by atoms with van der Waals surface area (Å²) in [5.41, 5.74) is -1.23. The van der Waals surface area contributed by atoms with Gasteiger partial charge in [-0.05, 0) is 35.4 Å². The molecule has 16 nitrogen and oxygen atoms in total. The molecule has 0 unspecified atom stereocenters. The summed E-state index contributed by atoms with van der Waals surface area (Å²) in [6.07, 6.45) is 2.27. The molecule has 0 aliphatic rings. The van der Waals surface area contributed by atoms with E-state index in [1.54, 1.807) is 0 Å². The van der Waals surface area contributed by atoms with Gasteiger partial charge in [0.05, 0.1) is 71.2 Å². The van der Waals surface area contributed by atoms with Crippen molar-refractivity contribution in [2.24, 2.45) is 0 Å². The van der Waals surface area contributed by atoms with Gasteiger partial charge >= 0.3 is 64.8 Å². The molecular weight excluding hydrogens is 626 g/mol. The Kier molecular flexibility index (Phi) is 15.4. The average molecular weight is 647 g/mol. The number of anilines is 2. The maximum atomic E-state index is 11.8. The molecule has 0 aromatic heterocycles. The maximum Gasteiger partial charge on any atom is 1.00 e. The fourth-order valence-electron chi connectivity index (χ4n) is 3.46. The number of hydrogen-bond donors (Lipinski definition) is 0. The van der Waals surface area contributed by atoms with Gasteiger partial charge in [-0.3, -0.25) is 0 Å². The van der Waals surface area contributed by atoms with Crippen LogP contribution in [0, 0.1) is 0 Å². The van der Waals surface area contributed by atoms with E-state index in [1.165, 1.54) is 0 Å². The standard InChI is InChI=1S/C22H22N2O14S2.2Na/c25-19(26)9-23(10-20(27)28)15-5-3-13(7-17(15)39(33,34)35)1-2-14-4-6-16(18(8-14)40(36,37)38)24(11-21(29)30)12-22(31)32;;/h1-8H,9-12H2,(H,25,26)(H,27,28)(H,29,30)(H,31,32)(H,33,34,35)(H,36,37,38);;/q;2*+1/p-2/b2-1+;;. The van der Waals surface area contributed by atoms with E-state index in [9.17, 15) is 65.5 Å². The Bertz CT molecular complexity index is 1460. The van der Waals surface area contributed by atoms with Gasteiger partial charge < -0.3 is 58.5 Å². The van der Waals surface area contributed by atoms with E-state index in [0.29, 0.717) is 9.80 Å². The number of rotatable bonds is 14. The van der Waals surface area contributed by atoms with Gasteiger partial charge in [-0.25, -0.2) is 16.8 Å². The van der Waals surface area contributed by atoms with Crippen LogP contribution >= 0.6 is 0 Å². The quantitative estimate of drug-likeness (QED) is 0.105. The van der Waals surface area contributed by atoms with Crippen molar-refractivity contribution in [2.45, 2.75) is 9.79 Å². The first-order chi connectivity index (χ1) is 18.4. The molecule has 0 heterocycles. The minimum absolute atomic E-state index is 0. The number of carboxylic acid groups (broad SMARTS) is 4. The number of aliphatic carboxylic acids is 4. The van der Waals surface area contributed by atoms with E-state index in [-0.39, 0.29) is 75.9 Å². The first-order valence-electron chi connectivity index (χ1n) is 10.6. The molecule has 0 fully saturated rings. The van der Waals surface area contributed by atoms with E-state index < -0.39 is 91.5 Å². The van der Waals surface area contributed by atoms with Gasteiger partial charge in [-0.1, -0.05) is 24.3 Å². The third-order valence-electron chi connectivity index (χ3n) is 4.94. The van der Waals surface area contributed by atoms with Crippen LogP contribution in [0.4, 0.5) is 11.4 Å². The second-order valence-corrected chi connectivity index (χ2v) is 10.6. The van der Waals surface area contributed by atoms with Crippen LogP contribution in [0.3, 0.4) is 0 Å². The van der Waals surface area contributed by atoms with Crippen LogP contribution in [-0.2, 0) is 39.4 Å². The maximum absolute atomic E-state index is 11.8. The van der Waals surface area contributed by atoms with E-state index in [4.69, 9.17) is 0 Å². The largest absolute Gasteiger partial charge is 1.00 e. The monoisotopic (exact) mass is 646 g/mol. The molecule has 2 aromatic carbocycles. The van der Waals surface area contributed by atoms with Gasteiger partial charge in [0, 0.05) is 0 Å².